The fourth-order valence-electron chi connectivity index (χ4n) is 3.93. The van der Waals surface area contributed by atoms with Gasteiger partial charge in [0, 0.05) is 12.8 Å². The molecule has 0 spiro atoms. The van der Waals surface area contributed by atoms with Gasteiger partial charge in [-0.3, -0.25) is 33.6 Å². The zero-order valence-corrected chi connectivity index (χ0v) is 23.6. The Morgan fingerprint density at radius 1 is 0.556 bits per heavy atom. The molecule has 0 aromatic heterocycles. The van der Waals surface area contributed by atoms with Crippen LogP contribution < -0.4 is 27.0 Å². The minimum atomic E-state index is -1.81. The molecule has 2 aromatic rings. The molecule has 0 bridgehead atoms. The molecule has 45 heavy (non-hydrogen) atoms. The molecule has 17 heteroatoms. The molecule has 0 aliphatic carbocycles. The van der Waals surface area contributed by atoms with Crippen LogP contribution in [0.25, 0.3) is 0 Å². The van der Waals surface area contributed by atoms with Gasteiger partial charge in [0.05, 0.1) is 18.9 Å². The highest BCUT2D eigenvalue weighted by Crippen LogP contribution is 2.13. The van der Waals surface area contributed by atoms with E-state index >= 15 is 0 Å². The first-order valence-electron chi connectivity index (χ1n) is 13.3. The molecule has 0 heterocycles. The van der Waals surface area contributed by atoms with Crippen molar-refractivity contribution in [2.75, 3.05) is 6.54 Å². The number of hydrogen-bond donors (Lipinski definition) is 10. The van der Waals surface area contributed by atoms with Gasteiger partial charge in [0.25, 0.3) is 0 Å². The van der Waals surface area contributed by atoms with Crippen molar-refractivity contribution < 1.29 is 59.1 Å². The third-order valence-electron chi connectivity index (χ3n) is 6.18. The van der Waals surface area contributed by atoms with Crippen LogP contribution in [-0.2, 0) is 46.4 Å². The number of rotatable bonds is 17. The second-order valence-corrected chi connectivity index (χ2v) is 9.84. The Kier molecular flexibility index (Phi) is 13.3. The van der Waals surface area contributed by atoms with Crippen LogP contribution in [0.4, 0.5) is 0 Å². The average Bonchev–Trinajstić information content (AvgIpc) is 2.96. The van der Waals surface area contributed by atoms with Crippen LogP contribution in [0.3, 0.4) is 0 Å². The van der Waals surface area contributed by atoms with E-state index in [1.54, 1.807) is 0 Å². The van der Waals surface area contributed by atoms with E-state index in [2.05, 4.69) is 21.3 Å². The number of amides is 4. The Morgan fingerprint density at radius 3 is 1.40 bits per heavy atom. The largest absolute Gasteiger partial charge is 0.508 e. The molecule has 2 aromatic carbocycles. The SMILES string of the molecule is N[C@@H](CC(=O)O)C(=O)N[C@@H](Cc1ccc(O)cc1)C(=O)N[C@@H](CC(=O)O)C(=O)N[C@@H](Cc1ccc(O)cc1)C(=O)NCC(=O)O. The number of phenolic OH excluding ortho intramolecular Hbond substituents is 2. The first-order chi connectivity index (χ1) is 21.1. The number of hydrogen-bond acceptors (Lipinski definition) is 10. The van der Waals surface area contributed by atoms with Gasteiger partial charge >= 0.3 is 17.9 Å². The van der Waals surface area contributed by atoms with Crippen molar-refractivity contribution in [3.8, 4) is 11.5 Å². The number of carboxylic acid groups (broad SMARTS) is 3. The molecule has 0 aliphatic heterocycles. The standard InChI is InChI=1S/C28H33N5O12/c29-18(11-22(36)37)25(42)31-20(10-15-3-7-17(35)8-4-15)27(44)33-21(12-23(38)39)28(45)32-19(26(43)30-13-24(40)41)9-14-1-5-16(34)6-2-14/h1-8,18-21,34-35H,9-13,29H2,(H,30,43)(H,31,42)(H,32,45)(H,33,44)(H,36,37)(H,38,39)(H,40,41)/t18-,19-,20-,21-/m0/s1. The van der Waals surface area contributed by atoms with Gasteiger partial charge in [0.1, 0.15) is 36.2 Å². The Bertz CT molecular complexity index is 1400. The summed E-state index contributed by atoms with van der Waals surface area (Å²) < 4.78 is 0. The van der Waals surface area contributed by atoms with Crippen LogP contribution in [0.2, 0.25) is 0 Å². The van der Waals surface area contributed by atoms with Gasteiger partial charge in [-0.15, -0.1) is 0 Å². The molecular weight excluding hydrogens is 598 g/mol. The fraction of sp³-hybridized carbons (Fsp3) is 0.321. The van der Waals surface area contributed by atoms with Crippen molar-refractivity contribution in [1.82, 2.24) is 21.3 Å². The summed E-state index contributed by atoms with van der Waals surface area (Å²) in [6, 6.07) is 4.60. The molecule has 0 saturated carbocycles. The van der Waals surface area contributed by atoms with Crippen LogP contribution >= 0.6 is 0 Å². The minimum Gasteiger partial charge on any atom is -0.508 e. The average molecular weight is 632 g/mol. The third kappa shape index (κ3) is 12.6. The lowest BCUT2D eigenvalue weighted by molar-refractivity contribution is -0.142. The van der Waals surface area contributed by atoms with Crippen molar-refractivity contribution >= 4 is 41.5 Å². The van der Waals surface area contributed by atoms with Crippen LogP contribution in [0, 0.1) is 0 Å². The molecule has 0 unspecified atom stereocenters. The minimum absolute atomic E-state index is 0.0863. The van der Waals surface area contributed by atoms with Gasteiger partial charge in [-0.05, 0) is 35.4 Å². The first-order valence-corrected chi connectivity index (χ1v) is 13.3. The van der Waals surface area contributed by atoms with Gasteiger partial charge in [-0.25, -0.2) is 0 Å². The fourth-order valence-corrected chi connectivity index (χ4v) is 3.93. The van der Waals surface area contributed by atoms with Crippen molar-refractivity contribution in [1.29, 1.82) is 0 Å². The summed E-state index contributed by atoms with van der Waals surface area (Å²) in [6.07, 6.45) is -2.21. The molecule has 4 atom stereocenters. The molecule has 2 rings (SSSR count). The highest BCUT2D eigenvalue weighted by atomic mass is 16.4. The van der Waals surface area contributed by atoms with Crippen LogP contribution in [0.15, 0.2) is 48.5 Å². The second kappa shape index (κ2) is 16.8. The van der Waals surface area contributed by atoms with Gasteiger partial charge in [0.2, 0.25) is 23.6 Å². The molecule has 242 valence electrons. The van der Waals surface area contributed by atoms with E-state index in [0.717, 1.165) is 0 Å². The van der Waals surface area contributed by atoms with Crippen LogP contribution in [0.5, 0.6) is 11.5 Å². The molecule has 4 amide bonds. The number of phenols is 2. The summed E-state index contributed by atoms with van der Waals surface area (Å²) in [5, 5.41) is 55.3. The molecule has 0 aliphatic rings. The summed E-state index contributed by atoms with van der Waals surface area (Å²) in [7, 11) is 0. The first kappa shape index (κ1) is 35.5. The maximum absolute atomic E-state index is 13.3. The Labute approximate surface area is 255 Å². The number of carboxylic acids is 3. The monoisotopic (exact) mass is 631 g/mol. The van der Waals surface area contributed by atoms with E-state index in [4.69, 9.17) is 15.9 Å². The molecule has 17 nitrogen and oxygen atoms in total. The number of nitrogens with one attached hydrogen (secondary N) is 4. The third-order valence-corrected chi connectivity index (χ3v) is 6.18. The predicted molar refractivity (Wildman–Crippen MR) is 153 cm³/mol. The zero-order chi connectivity index (χ0) is 33.7. The van der Waals surface area contributed by atoms with Crippen molar-refractivity contribution in [2.45, 2.75) is 49.9 Å². The van der Waals surface area contributed by atoms with Gasteiger partial charge in [0.15, 0.2) is 0 Å². The van der Waals surface area contributed by atoms with E-state index in [9.17, 15) is 48.9 Å². The van der Waals surface area contributed by atoms with Crippen molar-refractivity contribution in [3.63, 3.8) is 0 Å². The van der Waals surface area contributed by atoms with Crippen molar-refractivity contribution in [2.24, 2.45) is 5.73 Å². The van der Waals surface area contributed by atoms with E-state index in [-0.39, 0.29) is 24.3 Å². The summed E-state index contributed by atoms with van der Waals surface area (Å²) in [5.74, 6) is -8.64. The lowest BCUT2D eigenvalue weighted by atomic mass is 10.0. The molecule has 0 saturated heterocycles. The van der Waals surface area contributed by atoms with Gasteiger partial charge in [-0.1, -0.05) is 24.3 Å². The molecule has 0 fully saturated rings. The molecular formula is C28H33N5O12. The van der Waals surface area contributed by atoms with Crippen molar-refractivity contribution in [3.05, 3.63) is 59.7 Å². The Morgan fingerprint density at radius 2 is 0.956 bits per heavy atom. The quantitative estimate of drug-likeness (QED) is 0.0889. The predicted octanol–water partition coefficient (Wildman–Crippen LogP) is -2.19. The maximum atomic E-state index is 13.3. The lowest BCUT2D eigenvalue weighted by Gasteiger charge is -2.25. The Hall–Kier alpha value is -5.71. The van der Waals surface area contributed by atoms with E-state index in [1.165, 1.54) is 48.5 Å². The van der Waals surface area contributed by atoms with E-state index < -0.39 is 85.1 Å². The number of carbonyl (C=O) groups excluding carboxylic acids is 4. The summed E-state index contributed by atoms with van der Waals surface area (Å²) in [6.45, 7) is -0.793. The number of benzene rings is 2. The normalized spacial score (nSPS) is 13.3. The zero-order valence-electron chi connectivity index (χ0n) is 23.6. The summed E-state index contributed by atoms with van der Waals surface area (Å²) in [4.78, 5) is 85.5. The second-order valence-electron chi connectivity index (χ2n) is 9.84. The number of aromatic hydroxyl groups is 2. The number of nitrogens with two attached hydrogens (primary N) is 1. The number of aliphatic carboxylic acids is 3. The number of carbonyl (C=O) groups is 7. The molecule has 11 N–H and O–H groups in total. The van der Waals surface area contributed by atoms with Gasteiger partial charge < -0.3 is 52.5 Å². The van der Waals surface area contributed by atoms with Crippen LogP contribution in [-0.4, -0.2) is 97.8 Å². The highest BCUT2D eigenvalue weighted by Gasteiger charge is 2.32. The highest BCUT2D eigenvalue weighted by molar-refractivity contribution is 5.97. The maximum Gasteiger partial charge on any atom is 0.322 e. The van der Waals surface area contributed by atoms with Gasteiger partial charge in [-0.2, -0.15) is 0 Å². The van der Waals surface area contributed by atoms with E-state index in [1.807, 2.05) is 0 Å². The molecule has 0 radical (unpaired) electrons. The van der Waals surface area contributed by atoms with E-state index in [0.29, 0.717) is 11.1 Å². The smallest absolute Gasteiger partial charge is 0.322 e. The topological polar surface area (TPSA) is 295 Å². The summed E-state index contributed by atoms with van der Waals surface area (Å²) in [5.41, 5.74) is 6.44. The summed E-state index contributed by atoms with van der Waals surface area (Å²) >= 11 is 0. The lowest BCUT2D eigenvalue weighted by Crippen LogP contribution is -2.59. The Balaban J connectivity index is 2.31. The van der Waals surface area contributed by atoms with Crippen LogP contribution in [0.1, 0.15) is 24.0 Å².